The summed E-state index contributed by atoms with van der Waals surface area (Å²) in [7, 11) is 0. The standard InChI is InChI=1S/C24H23N3O4/c25-24(30)27-21(15-17-7-3-1-4-8-17)23(29)31-16-18-11-13-19(14-12-18)22(28)26-20-9-5-2-6-10-20/h1-14,21H,15-16H2,(H,26,28)(H3,25,27,30)/t21-/m0/s1. The number of urea groups is 1. The molecule has 158 valence electrons. The van der Waals surface area contributed by atoms with Crippen molar-refractivity contribution >= 4 is 23.6 Å². The van der Waals surface area contributed by atoms with Gasteiger partial charge in [-0.2, -0.15) is 0 Å². The van der Waals surface area contributed by atoms with Crippen LogP contribution in [-0.2, 0) is 22.6 Å². The number of para-hydroxylation sites is 1. The third-order valence-corrected chi connectivity index (χ3v) is 4.51. The predicted molar refractivity (Wildman–Crippen MR) is 117 cm³/mol. The number of carbonyl (C=O) groups excluding carboxylic acids is 3. The number of esters is 1. The highest BCUT2D eigenvalue weighted by Gasteiger charge is 2.22. The number of nitrogens with one attached hydrogen (secondary N) is 2. The second kappa shape index (κ2) is 10.6. The molecule has 3 rings (SSSR count). The number of ether oxygens (including phenoxy) is 1. The fraction of sp³-hybridized carbons (Fsp3) is 0.125. The van der Waals surface area contributed by atoms with E-state index in [0.717, 1.165) is 5.56 Å². The van der Waals surface area contributed by atoms with Crippen LogP contribution in [0.5, 0.6) is 0 Å². The molecule has 3 amide bonds. The van der Waals surface area contributed by atoms with Crippen LogP contribution in [0, 0.1) is 0 Å². The fourth-order valence-electron chi connectivity index (χ4n) is 2.95. The largest absolute Gasteiger partial charge is 0.459 e. The summed E-state index contributed by atoms with van der Waals surface area (Å²) in [5.74, 6) is -0.822. The molecule has 0 aromatic heterocycles. The van der Waals surface area contributed by atoms with E-state index in [1.807, 2.05) is 48.5 Å². The lowest BCUT2D eigenvalue weighted by Crippen LogP contribution is -2.45. The van der Waals surface area contributed by atoms with Crippen molar-refractivity contribution in [1.29, 1.82) is 0 Å². The van der Waals surface area contributed by atoms with Crippen LogP contribution in [-0.4, -0.2) is 23.9 Å². The van der Waals surface area contributed by atoms with Gasteiger partial charge in [0.15, 0.2) is 0 Å². The molecule has 0 aliphatic carbocycles. The molecule has 0 bridgehead atoms. The van der Waals surface area contributed by atoms with E-state index in [-0.39, 0.29) is 18.9 Å². The van der Waals surface area contributed by atoms with E-state index in [1.165, 1.54) is 0 Å². The average Bonchev–Trinajstić information content (AvgIpc) is 2.78. The number of hydrogen-bond acceptors (Lipinski definition) is 4. The van der Waals surface area contributed by atoms with Gasteiger partial charge < -0.3 is 21.1 Å². The van der Waals surface area contributed by atoms with Crippen LogP contribution < -0.4 is 16.4 Å². The first-order valence-electron chi connectivity index (χ1n) is 9.73. The molecule has 3 aromatic rings. The molecule has 4 N–H and O–H groups in total. The lowest BCUT2D eigenvalue weighted by molar-refractivity contribution is -0.147. The summed E-state index contributed by atoms with van der Waals surface area (Å²) in [6.45, 7) is 0.00511. The van der Waals surface area contributed by atoms with Gasteiger partial charge in [0, 0.05) is 17.7 Å². The van der Waals surface area contributed by atoms with E-state index < -0.39 is 18.0 Å². The van der Waals surface area contributed by atoms with E-state index >= 15 is 0 Å². The maximum absolute atomic E-state index is 12.5. The number of benzene rings is 3. The molecular weight excluding hydrogens is 394 g/mol. The van der Waals surface area contributed by atoms with Gasteiger partial charge >= 0.3 is 12.0 Å². The van der Waals surface area contributed by atoms with E-state index in [4.69, 9.17) is 10.5 Å². The van der Waals surface area contributed by atoms with Gasteiger partial charge in [0.25, 0.3) is 5.91 Å². The van der Waals surface area contributed by atoms with Crippen molar-refractivity contribution in [2.75, 3.05) is 5.32 Å². The molecule has 0 unspecified atom stereocenters. The zero-order chi connectivity index (χ0) is 22.1. The van der Waals surface area contributed by atoms with Gasteiger partial charge in [-0.3, -0.25) is 4.79 Å². The molecule has 0 saturated heterocycles. The first-order chi connectivity index (χ1) is 15.0. The summed E-state index contributed by atoms with van der Waals surface area (Å²) in [5, 5.41) is 5.23. The average molecular weight is 417 g/mol. The Kier molecular flexibility index (Phi) is 7.37. The molecule has 31 heavy (non-hydrogen) atoms. The molecule has 0 aliphatic rings. The van der Waals surface area contributed by atoms with Gasteiger partial charge in [-0.05, 0) is 35.4 Å². The van der Waals surface area contributed by atoms with Crippen molar-refractivity contribution in [2.45, 2.75) is 19.1 Å². The lowest BCUT2D eigenvalue weighted by atomic mass is 10.1. The van der Waals surface area contributed by atoms with Crippen LogP contribution >= 0.6 is 0 Å². The molecule has 1 atom stereocenters. The van der Waals surface area contributed by atoms with Crippen LogP contribution in [0.1, 0.15) is 21.5 Å². The first-order valence-corrected chi connectivity index (χ1v) is 9.73. The number of rotatable bonds is 8. The van der Waals surface area contributed by atoms with Crippen molar-refractivity contribution in [1.82, 2.24) is 5.32 Å². The van der Waals surface area contributed by atoms with Crippen LogP contribution in [0.4, 0.5) is 10.5 Å². The zero-order valence-corrected chi connectivity index (χ0v) is 16.8. The summed E-state index contributed by atoms with van der Waals surface area (Å²) in [5.41, 5.74) is 7.96. The Morgan fingerprint density at radius 1 is 0.806 bits per heavy atom. The molecule has 0 radical (unpaired) electrons. The number of amides is 3. The summed E-state index contributed by atoms with van der Waals surface area (Å²) in [4.78, 5) is 36.1. The summed E-state index contributed by atoms with van der Waals surface area (Å²) in [6.07, 6.45) is 0.265. The maximum atomic E-state index is 12.5. The van der Waals surface area contributed by atoms with Gasteiger partial charge in [-0.15, -0.1) is 0 Å². The number of carbonyl (C=O) groups is 3. The quantitative estimate of drug-likeness (QED) is 0.489. The monoisotopic (exact) mass is 417 g/mol. The molecule has 3 aromatic carbocycles. The van der Waals surface area contributed by atoms with Crippen molar-refractivity contribution in [3.8, 4) is 0 Å². The van der Waals surface area contributed by atoms with Crippen LogP contribution in [0.3, 0.4) is 0 Å². The van der Waals surface area contributed by atoms with Gasteiger partial charge in [0.1, 0.15) is 12.6 Å². The Morgan fingerprint density at radius 2 is 1.42 bits per heavy atom. The normalized spacial score (nSPS) is 11.2. The van der Waals surface area contributed by atoms with Crippen molar-refractivity contribution in [3.63, 3.8) is 0 Å². The lowest BCUT2D eigenvalue weighted by Gasteiger charge is -2.16. The third-order valence-electron chi connectivity index (χ3n) is 4.51. The van der Waals surface area contributed by atoms with E-state index in [2.05, 4.69) is 10.6 Å². The van der Waals surface area contributed by atoms with E-state index in [0.29, 0.717) is 16.8 Å². The molecule has 7 nitrogen and oxygen atoms in total. The van der Waals surface area contributed by atoms with Crippen molar-refractivity contribution in [2.24, 2.45) is 5.73 Å². The molecule has 0 heterocycles. The zero-order valence-electron chi connectivity index (χ0n) is 16.8. The van der Waals surface area contributed by atoms with Crippen molar-refractivity contribution < 1.29 is 19.1 Å². The topological polar surface area (TPSA) is 111 Å². The smallest absolute Gasteiger partial charge is 0.329 e. The minimum Gasteiger partial charge on any atom is -0.459 e. The third kappa shape index (κ3) is 6.71. The molecule has 0 spiro atoms. The van der Waals surface area contributed by atoms with Crippen LogP contribution in [0.2, 0.25) is 0 Å². The number of hydrogen-bond donors (Lipinski definition) is 3. The molecular formula is C24H23N3O4. The summed E-state index contributed by atoms with van der Waals surface area (Å²) >= 11 is 0. The molecule has 7 heteroatoms. The number of primary amides is 1. The number of anilines is 1. The minimum atomic E-state index is -0.893. The Labute approximate surface area is 180 Å². The SMILES string of the molecule is NC(=O)N[C@@H](Cc1ccccc1)C(=O)OCc1ccc(C(=O)Nc2ccccc2)cc1. The highest BCUT2D eigenvalue weighted by atomic mass is 16.5. The second-order valence-electron chi connectivity index (χ2n) is 6.88. The second-order valence-corrected chi connectivity index (χ2v) is 6.88. The highest BCUT2D eigenvalue weighted by Crippen LogP contribution is 2.11. The van der Waals surface area contributed by atoms with Gasteiger partial charge in [-0.1, -0.05) is 60.7 Å². The predicted octanol–water partition coefficient (Wildman–Crippen LogP) is 3.26. The maximum Gasteiger partial charge on any atom is 0.329 e. The van der Waals surface area contributed by atoms with Gasteiger partial charge in [0.05, 0.1) is 0 Å². The van der Waals surface area contributed by atoms with Crippen LogP contribution in [0.25, 0.3) is 0 Å². The first kappa shape index (κ1) is 21.6. The van der Waals surface area contributed by atoms with Gasteiger partial charge in [0.2, 0.25) is 0 Å². The number of nitrogens with two attached hydrogens (primary N) is 1. The Balaban J connectivity index is 1.56. The molecule has 0 saturated carbocycles. The Hall–Kier alpha value is -4.13. The molecule has 0 fully saturated rings. The van der Waals surface area contributed by atoms with Gasteiger partial charge in [-0.25, -0.2) is 9.59 Å². The fourth-order valence-corrected chi connectivity index (χ4v) is 2.95. The minimum absolute atomic E-state index is 0.00511. The van der Waals surface area contributed by atoms with Crippen LogP contribution in [0.15, 0.2) is 84.9 Å². The summed E-state index contributed by atoms with van der Waals surface area (Å²) < 4.78 is 5.35. The highest BCUT2D eigenvalue weighted by molar-refractivity contribution is 6.04. The Morgan fingerprint density at radius 3 is 2.03 bits per heavy atom. The Bertz CT molecular complexity index is 1020. The van der Waals surface area contributed by atoms with Crippen molar-refractivity contribution in [3.05, 3.63) is 102 Å². The van der Waals surface area contributed by atoms with E-state index in [9.17, 15) is 14.4 Å². The van der Waals surface area contributed by atoms with E-state index in [1.54, 1.807) is 36.4 Å². The summed E-state index contributed by atoms with van der Waals surface area (Å²) in [6, 6.07) is 23.4. The molecule has 0 aliphatic heterocycles.